The average molecular weight is 119 g/mol. The van der Waals surface area contributed by atoms with E-state index in [9.17, 15) is 0 Å². The first-order valence-corrected chi connectivity index (χ1v) is 2.50. The molecule has 0 saturated heterocycles. The molecule has 0 aromatic carbocycles. The molecule has 2 aromatic rings. The average Bonchev–Trinajstić information content (AvgIpc) is 2.33. The second-order valence-corrected chi connectivity index (χ2v) is 1.57. The highest BCUT2D eigenvalue weighted by atomic mass is 15.3. The molecule has 2 heterocycles. The van der Waals surface area contributed by atoms with Crippen LogP contribution in [-0.2, 0) is 0 Å². The first kappa shape index (κ1) is 4.43. The molecule has 0 amide bonds. The molecule has 4 heteroatoms. The molecule has 0 fully saturated rings. The Kier molecular flexibility index (Phi) is 0.745. The minimum absolute atomic E-state index is 0.720. The zero-order chi connectivity index (χ0) is 6.10. The molecular formula is C5H3N4. The summed E-state index contributed by atoms with van der Waals surface area (Å²) in [6, 6.07) is 1.77. The van der Waals surface area contributed by atoms with Crippen molar-refractivity contribution in [1.82, 2.24) is 19.8 Å². The van der Waals surface area contributed by atoms with Gasteiger partial charge >= 0.3 is 0 Å². The van der Waals surface area contributed by atoms with Crippen LogP contribution in [0, 0.1) is 6.20 Å². The fourth-order valence-electron chi connectivity index (χ4n) is 0.640. The summed E-state index contributed by atoms with van der Waals surface area (Å²) in [6.45, 7) is 0. The Balaban J connectivity index is 2.95. The number of aromatic nitrogens is 4. The third-order valence-corrected chi connectivity index (χ3v) is 1.02. The van der Waals surface area contributed by atoms with Gasteiger partial charge in [-0.15, -0.1) is 5.10 Å². The Hall–Kier alpha value is -1.45. The molecule has 4 nitrogen and oxygen atoms in total. The Morgan fingerprint density at radius 2 is 2.56 bits per heavy atom. The molecule has 0 N–H and O–H groups in total. The summed E-state index contributed by atoms with van der Waals surface area (Å²) < 4.78 is 1.53. The first-order chi connectivity index (χ1) is 4.47. The van der Waals surface area contributed by atoms with E-state index in [0.29, 0.717) is 0 Å². The van der Waals surface area contributed by atoms with Gasteiger partial charge in [0.1, 0.15) is 6.20 Å². The zero-order valence-corrected chi connectivity index (χ0v) is 4.52. The summed E-state index contributed by atoms with van der Waals surface area (Å²) in [5.74, 6) is 0. The van der Waals surface area contributed by atoms with Crippen LogP contribution >= 0.6 is 0 Å². The van der Waals surface area contributed by atoms with Gasteiger partial charge in [-0.25, -0.2) is 4.52 Å². The van der Waals surface area contributed by atoms with Crippen LogP contribution < -0.4 is 0 Å². The van der Waals surface area contributed by atoms with Gasteiger partial charge < -0.3 is 0 Å². The zero-order valence-electron chi connectivity index (χ0n) is 4.52. The normalized spacial score (nSPS) is 10.2. The maximum atomic E-state index is 3.88. The van der Waals surface area contributed by atoms with Crippen molar-refractivity contribution in [2.24, 2.45) is 0 Å². The summed E-state index contributed by atoms with van der Waals surface area (Å²) in [4.78, 5) is 0. The van der Waals surface area contributed by atoms with Crippen LogP contribution in [0.1, 0.15) is 0 Å². The predicted molar refractivity (Wildman–Crippen MR) is 29.6 cm³/mol. The van der Waals surface area contributed by atoms with Crippen molar-refractivity contribution < 1.29 is 0 Å². The first-order valence-electron chi connectivity index (χ1n) is 2.50. The van der Waals surface area contributed by atoms with Gasteiger partial charge in [0.2, 0.25) is 0 Å². The van der Waals surface area contributed by atoms with Crippen molar-refractivity contribution in [1.29, 1.82) is 0 Å². The summed E-state index contributed by atoms with van der Waals surface area (Å²) in [5, 5.41) is 11.3. The van der Waals surface area contributed by atoms with Gasteiger partial charge in [0.15, 0.2) is 5.65 Å². The summed E-state index contributed by atoms with van der Waals surface area (Å²) >= 11 is 0. The van der Waals surface area contributed by atoms with Crippen molar-refractivity contribution in [2.75, 3.05) is 0 Å². The van der Waals surface area contributed by atoms with E-state index in [-0.39, 0.29) is 0 Å². The second kappa shape index (κ2) is 1.51. The van der Waals surface area contributed by atoms with E-state index >= 15 is 0 Å². The molecule has 43 valence electrons. The van der Waals surface area contributed by atoms with E-state index < -0.39 is 0 Å². The van der Waals surface area contributed by atoms with Gasteiger partial charge in [0.05, 0.1) is 12.4 Å². The van der Waals surface area contributed by atoms with E-state index in [2.05, 4.69) is 21.5 Å². The number of nitrogens with zero attached hydrogens (tertiary/aromatic N) is 4. The molecule has 0 unspecified atom stereocenters. The van der Waals surface area contributed by atoms with Crippen molar-refractivity contribution in [3.63, 3.8) is 0 Å². The van der Waals surface area contributed by atoms with Gasteiger partial charge in [-0.05, 0) is 0 Å². The highest BCUT2D eigenvalue weighted by Crippen LogP contribution is 1.90. The highest BCUT2D eigenvalue weighted by Gasteiger charge is 1.89. The monoisotopic (exact) mass is 119 g/mol. The van der Waals surface area contributed by atoms with Crippen LogP contribution in [0.4, 0.5) is 0 Å². The Morgan fingerprint density at radius 1 is 1.56 bits per heavy atom. The molecule has 2 rings (SSSR count). The lowest BCUT2D eigenvalue weighted by atomic mass is 10.7. The van der Waals surface area contributed by atoms with Crippen LogP contribution in [0.5, 0.6) is 0 Å². The lowest BCUT2D eigenvalue weighted by molar-refractivity contribution is 0.881. The number of hydrogen-bond donors (Lipinski definition) is 0. The maximum absolute atomic E-state index is 3.88. The van der Waals surface area contributed by atoms with Gasteiger partial charge in [-0.1, -0.05) is 0 Å². The van der Waals surface area contributed by atoms with Crippen molar-refractivity contribution in [2.45, 2.75) is 0 Å². The number of rotatable bonds is 0. The van der Waals surface area contributed by atoms with E-state index in [0.717, 1.165) is 5.65 Å². The largest absolute Gasteiger partial charge is 0.210 e. The predicted octanol–water partition coefficient (Wildman–Crippen LogP) is -0.0755. The van der Waals surface area contributed by atoms with E-state index in [1.807, 2.05) is 0 Å². The number of fused-ring (bicyclic) bond motifs is 1. The van der Waals surface area contributed by atoms with Crippen molar-refractivity contribution >= 4 is 5.65 Å². The van der Waals surface area contributed by atoms with E-state index in [4.69, 9.17) is 0 Å². The van der Waals surface area contributed by atoms with E-state index in [1.165, 1.54) is 10.7 Å². The van der Waals surface area contributed by atoms with Gasteiger partial charge in [-0.3, -0.25) is 0 Å². The third kappa shape index (κ3) is 0.561. The lowest BCUT2D eigenvalue weighted by Crippen LogP contribution is -1.89. The molecule has 0 saturated carbocycles. The second-order valence-electron chi connectivity index (χ2n) is 1.57. The topological polar surface area (TPSA) is 43.1 Å². The Morgan fingerprint density at radius 3 is 3.44 bits per heavy atom. The molecule has 0 atom stereocenters. The SMILES string of the molecule is [c]1cnnc2ccnn12. The highest BCUT2D eigenvalue weighted by molar-refractivity contribution is 5.32. The summed E-state index contributed by atoms with van der Waals surface area (Å²) in [5.41, 5.74) is 0.720. The van der Waals surface area contributed by atoms with Gasteiger partial charge in [0.25, 0.3) is 0 Å². The fourth-order valence-corrected chi connectivity index (χ4v) is 0.640. The molecule has 1 radical (unpaired) electrons. The summed E-state index contributed by atoms with van der Waals surface area (Å²) in [7, 11) is 0. The minimum Gasteiger partial charge on any atom is -0.210 e. The summed E-state index contributed by atoms with van der Waals surface area (Å²) in [6.07, 6.45) is 5.89. The third-order valence-electron chi connectivity index (χ3n) is 1.02. The Labute approximate surface area is 51.1 Å². The van der Waals surface area contributed by atoms with Crippen LogP contribution in [-0.4, -0.2) is 19.8 Å². The maximum Gasteiger partial charge on any atom is 0.177 e. The van der Waals surface area contributed by atoms with Crippen LogP contribution in [0.3, 0.4) is 0 Å². The van der Waals surface area contributed by atoms with Crippen molar-refractivity contribution in [3.8, 4) is 0 Å². The number of hydrogen-bond acceptors (Lipinski definition) is 3. The quantitative estimate of drug-likeness (QED) is 0.487. The molecule has 9 heavy (non-hydrogen) atoms. The molecular weight excluding hydrogens is 116 g/mol. The van der Waals surface area contributed by atoms with Crippen LogP contribution in [0.2, 0.25) is 0 Å². The molecule has 0 aliphatic rings. The van der Waals surface area contributed by atoms with Gasteiger partial charge in [0, 0.05) is 6.07 Å². The Bertz CT molecular complexity index is 283. The fraction of sp³-hybridized carbons (Fsp3) is 0. The molecule has 0 bridgehead atoms. The standard InChI is InChI=1S/C5H3N4/c1-2-7-9-4-3-6-8-5(1)9/h1-3H. The van der Waals surface area contributed by atoms with Crippen LogP contribution in [0.15, 0.2) is 18.5 Å². The minimum atomic E-state index is 0.720. The lowest BCUT2D eigenvalue weighted by Gasteiger charge is -1.83. The van der Waals surface area contributed by atoms with Crippen molar-refractivity contribution in [3.05, 3.63) is 24.7 Å². The van der Waals surface area contributed by atoms with Crippen LogP contribution in [0.25, 0.3) is 5.65 Å². The van der Waals surface area contributed by atoms with Gasteiger partial charge in [-0.2, -0.15) is 10.2 Å². The van der Waals surface area contributed by atoms with E-state index in [1.54, 1.807) is 12.3 Å². The molecule has 0 aliphatic carbocycles. The molecule has 2 aromatic heterocycles. The molecule has 0 spiro atoms. The smallest absolute Gasteiger partial charge is 0.177 e. The molecule has 0 aliphatic heterocycles.